The van der Waals surface area contributed by atoms with Gasteiger partial charge in [-0.3, -0.25) is 14.5 Å². The van der Waals surface area contributed by atoms with Crippen LogP contribution in [0.3, 0.4) is 0 Å². The van der Waals surface area contributed by atoms with E-state index in [1.54, 1.807) is 17.0 Å². The van der Waals surface area contributed by atoms with E-state index in [-0.39, 0.29) is 54.0 Å². The van der Waals surface area contributed by atoms with E-state index < -0.39 is 29.2 Å². The summed E-state index contributed by atoms with van der Waals surface area (Å²) in [5.74, 6) is -1.35. The zero-order valence-corrected chi connectivity index (χ0v) is 22.1. The van der Waals surface area contributed by atoms with Gasteiger partial charge < -0.3 is 30.6 Å². The monoisotopic (exact) mass is 519 g/mol. The minimum absolute atomic E-state index is 0. The van der Waals surface area contributed by atoms with Gasteiger partial charge in [0, 0.05) is 23.9 Å². The Morgan fingerprint density at radius 3 is 2.79 bits per heavy atom. The van der Waals surface area contributed by atoms with Gasteiger partial charge in [0.25, 0.3) is 5.91 Å². The summed E-state index contributed by atoms with van der Waals surface area (Å²) < 4.78 is 1.61. The van der Waals surface area contributed by atoms with E-state index in [0.717, 1.165) is 0 Å². The molecule has 0 aromatic carbocycles. The maximum absolute atomic E-state index is 12.7. The molecule has 0 saturated carbocycles. The fourth-order valence-electron chi connectivity index (χ4n) is 3.34. The molecule has 2 amide bonds. The van der Waals surface area contributed by atoms with Gasteiger partial charge in [-0.2, -0.15) is 0 Å². The van der Waals surface area contributed by atoms with Crippen molar-refractivity contribution in [2.75, 3.05) is 17.2 Å². The molecule has 12 nitrogen and oxygen atoms in total. The van der Waals surface area contributed by atoms with Crippen LogP contribution in [0.25, 0.3) is 0 Å². The van der Waals surface area contributed by atoms with Crippen LogP contribution in [-0.4, -0.2) is 70.5 Å². The van der Waals surface area contributed by atoms with Gasteiger partial charge in [0.15, 0.2) is 16.1 Å². The first-order chi connectivity index (χ1) is 15.3. The summed E-state index contributed by atoms with van der Waals surface area (Å²) in [5.41, 5.74) is 6.41. The summed E-state index contributed by atoms with van der Waals surface area (Å²) >= 11 is 3.83. The van der Waals surface area contributed by atoms with E-state index in [1.165, 1.54) is 39.8 Å². The number of nitrogens with two attached hydrogens (primary N) is 1. The molecule has 0 aliphatic carbocycles. The molecule has 2 aliphatic rings. The predicted molar refractivity (Wildman–Crippen MR) is 115 cm³/mol. The number of carboxylic acids is 1. The van der Waals surface area contributed by atoms with Gasteiger partial charge in [0.05, 0.1) is 23.8 Å². The number of nitrogen functional groups attached to an aromatic ring is 1. The number of hydrogen-bond acceptors (Lipinski definition) is 12. The van der Waals surface area contributed by atoms with Gasteiger partial charge in [-0.25, -0.2) is 4.98 Å². The number of carbonyl (C=O) groups excluding carboxylic acids is 3. The largest absolute Gasteiger partial charge is 1.00 e. The van der Waals surface area contributed by atoms with Gasteiger partial charge in [0.2, 0.25) is 5.91 Å². The Morgan fingerprint density at radius 2 is 2.18 bits per heavy atom. The molecule has 2 aliphatic heterocycles. The molecule has 16 heteroatoms. The van der Waals surface area contributed by atoms with Crippen molar-refractivity contribution in [1.29, 1.82) is 0 Å². The maximum Gasteiger partial charge on any atom is 1.00 e. The van der Waals surface area contributed by atoms with Gasteiger partial charge in [-0.15, -0.1) is 33.3 Å². The summed E-state index contributed by atoms with van der Waals surface area (Å²) in [4.78, 5) is 42.0. The minimum atomic E-state index is -1.45. The summed E-state index contributed by atoms with van der Waals surface area (Å²) in [6.07, 6.45) is -0.0204. The maximum atomic E-state index is 12.7. The number of amides is 2. The Labute approximate surface area is 222 Å². The third-order valence-corrected chi connectivity index (χ3v) is 8.08. The second-order valence-corrected chi connectivity index (χ2v) is 9.89. The number of thiazole rings is 1. The van der Waals surface area contributed by atoms with Crippen LogP contribution in [0.2, 0.25) is 0 Å². The number of carboxylic acid groups (broad SMARTS) is 1. The van der Waals surface area contributed by atoms with Crippen molar-refractivity contribution in [3.05, 3.63) is 28.2 Å². The number of anilines is 1. The zero-order chi connectivity index (χ0) is 23.0. The molecular weight excluding hydrogens is 501 g/mol. The van der Waals surface area contributed by atoms with Crippen molar-refractivity contribution >= 4 is 57.8 Å². The first-order valence-electron chi connectivity index (χ1n) is 9.29. The number of thioether (sulfide) groups is 2. The number of β-lactam (4-membered cyclic amide) rings is 1. The van der Waals surface area contributed by atoms with Crippen molar-refractivity contribution in [3.63, 3.8) is 0 Å². The molecule has 1 saturated heterocycles. The Morgan fingerprint density at radius 1 is 1.42 bits per heavy atom. The quantitative estimate of drug-likeness (QED) is 0.173. The number of carbonyl (C=O) groups is 3. The number of nitrogens with one attached hydrogen (secondary N) is 1. The van der Waals surface area contributed by atoms with Crippen molar-refractivity contribution in [1.82, 2.24) is 30.0 Å². The number of fused-ring (bicyclic) bond motifs is 1. The van der Waals surface area contributed by atoms with Gasteiger partial charge in [-0.05, 0) is 5.57 Å². The molecular formula is C17H18N7NaO5S3. The molecule has 4 heterocycles. The van der Waals surface area contributed by atoms with Crippen LogP contribution in [-0.2, 0) is 34.5 Å². The Bertz CT molecular complexity index is 1120. The molecule has 2 aromatic rings. The van der Waals surface area contributed by atoms with E-state index in [9.17, 15) is 24.6 Å². The van der Waals surface area contributed by atoms with E-state index in [0.29, 0.717) is 33.1 Å². The normalized spacial score (nSPS) is 19.6. The molecule has 0 spiro atoms. The molecule has 33 heavy (non-hydrogen) atoms. The van der Waals surface area contributed by atoms with Gasteiger partial charge in [-0.1, -0.05) is 11.8 Å². The molecule has 2 atom stereocenters. The first kappa shape index (κ1) is 26.0. The number of aliphatic hydroxyl groups is 1. The fourth-order valence-corrected chi connectivity index (χ4v) is 6.31. The summed E-state index contributed by atoms with van der Waals surface area (Å²) in [6.45, 7) is -0.264. The molecule has 1 unspecified atom stereocenters. The van der Waals surface area contributed by atoms with Crippen LogP contribution in [0, 0.1) is 0 Å². The summed E-state index contributed by atoms with van der Waals surface area (Å²) in [5, 5.41) is 33.5. The number of nitrogens with zero attached hydrogens (tertiary/aromatic N) is 5. The third kappa shape index (κ3) is 5.23. The minimum Gasteiger partial charge on any atom is -0.543 e. The SMILES string of the molecule is Cn1c(CO)nnc1SCC1=C(C(=O)[O-])N2C(=O)C(NC(=O)Cc3csc(N)n3)[C@H]2SC1.[Na+]. The van der Waals surface area contributed by atoms with Crippen LogP contribution in [0.1, 0.15) is 11.5 Å². The summed E-state index contributed by atoms with van der Waals surface area (Å²) in [7, 11) is 1.69. The smallest absolute Gasteiger partial charge is 0.543 e. The van der Waals surface area contributed by atoms with Crippen LogP contribution in [0.4, 0.5) is 5.13 Å². The standard InChI is InChI=1S/C17H19N7O5S3.Na/c1-23-9(3-25)21-22-17(23)32-5-7-4-30-14-11(13(27)24(14)12(7)15(28)29)20-10(26)2-8-6-31-16(18)19-8;/h6,11,14,25H,2-5H2,1H3,(H2,18,19)(H,20,26)(H,28,29);/q;+1/p-1/t11?,14-;/m1./s1. The number of aliphatic hydroxyl groups excluding tert-OH is 1. The van der Waals surface area contributed by atoms with Crippen LogP contribution >= 0.6 is 34.9 Å². The number of aliphatic carboxylic acids is 1. The molecule has 0 bridgehead atoms. The summed E-state index contributed by atoms with van der Waals surface area (Å²) in [6, 6.07) is -0.821. The van der Waals surface area contributed by atoms with E-state index in [2.05, 4.69) is 20.5 Å². The van der Waals surface area contributed by atoms with Crippen LogP contribution in [0.5, 0.6) is 0 Å². The number of rotatable bonds is 8. The van der Waals surface area contributed by atoms with Crippen molar-refractivity contribution in [2.24, 2.45) is 7.05 Å². The molecule has 4 N–H and O–H groups in total. The van der Waals surface area contributed by atoms with E-state index in [1.807, 2.05) is 0 Å². The zero-order valence-electron chi connectivity index (χ0n) is 17.7. The van der Waals surface area contributed by atoms with Gasteiger partial charge >= 0.3 is 29.6 Å². The Hall–Kier alpha value is -1.62. The van der Waals surface area contributed by atoms with E-state index in [4.69, 9.17) is 5.73 Å². The predicted octanol–water partition coefficient (Wildman–Crippen LogP) is -4.91. The Kier molecular flexibility index (Phi) is 8.47. The molecule has 170 valence electrons. The number of hydrogen-bond donors (Lipinski definition) is 3. The van der Waals surface area contributed by atoms with E-state index >= 15 is 0 Å². The molecule has 1 fully saturated rings. The second-order valence-electron chi connectivity index (χ2n) is 6.95. The van der Waals surface area contributed by atoms with Crippen molar-refractivity contribution in [2.45, 2.75) is 29.6 Å². The van der Waals surface area contributed by atoms with Crippen molar-refractivity contribution in [3.8, 4) is 0 Å². The average Bonchev–Trinajstić information content (AvgIpc) is 3.33. The fraction of sp³-hybridized carbons (Fsp3) is 0.412. The molecule has 2 aromatic heterocycles. The van der Waals surface area contributed by atoms with Crippen LogP contribution < -0.4 is 45.7 Å². The van der Waals surface area contributed by atoms with Gasteiger partial charge in [0.1, 0.15) is 18.0 Å². The average molecular weight is 520 g/mol. The van der Waals surface area contributed by atoms with Crippen LogP contribution in [0.15, 0.2) is 21.8 Å². The number of aromatic nitrogens is 4. The third-order valence-electron chi connectivity index (χ3n) is 4.91. The second kappa shape index (κ2) is 10.8. The molecule has 0 radical (unpaired) electrons. The topological polar surface area (TPSA) is 179 Å². The Balaban J connectivity index is 0.00000306. The first-order valence-corrected chi connectivity index (χ1v) is 12.2. The van der Waals surface area contributed by atoms with Crippen molar-refractivity contribution < 1.29 is 54.2 Å². The molecule has 4 rings (SSSR count).